The summed E-state index contributed by atoms with van der Waals surface area (Å²) in [4.78, 5) is 32.8. The van der Waals surface area contributed by atoms with Crippen molar-refractivity contribution in [2.75, 3.05) is 12.3 Å². The quantitative estimate of drug-likeness (QED) is 0.618. The van der Waals surface area contributed by atoms with Gasteiger partial charge in [0.25, 0.3) is 5.91 Å². The minimum Gasteiger partial charge on any atom is -0.457 e. The van der Waals surface area contributed by atoms with Gasteiger partial charge < -0.3 is 15.4 Å². The molecule has 2 heterocycles. The van der Waals surface area contributed by atoms with Crippen LogP contribution in [0.15, 0.2) is 73.1 Å². The van der Waals surface area contributed by atoms with Crippen LogP contribution in [0.3, 0.4) is 0 Å². The van der Waals surface area contributed by atoms with Crippen molar-refractivity contribution >= 4 is 23.6 Å². The molecule has 0 radical (unpaired) electrons. The van der Waals surface area contributed by atoms with Gasteiger partial charge in [-0.15, -0.1) is 11.8 Å². The Morgan fingerprint density at radius 1 is 1.03 bits per heavy atom. The summed E-state index contributed by atoms with van der Waals surface area (Å²) in [7, 11) is 0. The standard InChI is InChI=1S/C23H22N4O3S/c28-22-20(16-7-9-19(10-8-16)30-18-5-2-1-3-6-18)31-14-11-17(27-22)15-26-23(29)21-24-12-4-13-25-21/h1-10,12-13,17,20H,11,14-15H2,(H,26,29)(H,27,28)/t17-,20+/m0/s1. The average molecular weight is 435 g/mol. The lowest BCUT2D eigenvalue weighted by Gasteiger charge is -2.18. The van der Waals surface area contributed by atoms with Gasteiger partial charge in [-0.2, -0.15) is 0 Å². The maximum absolute atomic E-state index is 12.8. The van der Waals surface area contributed by atoms with Crippen LogP contribution >= 0.6 is 11.8 Å². The first-order valence-corrected chi connectivity index (χ1v) is 11.0. The summed E-state index contributed by atoms with van der Waals surface area (Å²) in [5, 5.41) is 5.54. The van der Waals surface area contributed by atoms with E-state index in [9.17, 15) is 9.59 Å². The summed E-state index contributed by atoms with van der Waals surface area (Å²) >= 11 is 1.60. The van der Waals surface area contributed by atoms with Crippen LogP contribution in [-0.4, -0.2) is 40.1 Å². The molecule has 2 aromatic carbocycles. The largest absolute Gasteiger partial charge is 0.457 e. The molecule has 8 heteroatoms. The number of amides is 2. The Morgan fingerprint density at radius 3 is 2.48 bits per heavy atom. The second-order valence-electron chi connectivity index (χ2n) is 7.01. The van der Waals surface area contributed by atoms with E-state index in [1.807, 2.05) is 54.6 Å². The topological polar surface area (TPSA) is 93.2 Å². The Morgan fingerprint density at radius 2 is 1.74 bits per heavy atom. The van der Waals surface area contributed by atoms with Crippen LogP contribution in [0.1, 0.15) is 27.9 Å². The van der Waals surface area contributed by atoms with Gasteiger partial charge in [-0.05, 0) is 48.1 Å². The van der Waals surface area contributed by atoms with Crippen LogP contribution in [-0.2, 0) is 4.79 Å². The molecule has 2 N–H and O–H groups in total. The number of rotatable bonds is 6. The first-order chi connectivity index (χ1) is 15.2. The molecule has 1 fully saturated rings. The van der Waals surface area contributed by atoms with E-state index >= 15 is 0 Å². The Hall–Kier alpha value is -3.39. The zero-order chi connectivity index (χ0) is 21.5. The molecule has 1 aliphatic heterocycles. The van der Waals surface area contributed by atoms with Crippen molar-refractivity contribution in [1.82, 2.24) is 20.6 Å². The van der Waals surface area contributed by atoms with E-state index in [4.69, 9.17) is 4.74 Å². The summed E-state index contributed by atoms with van der Waals surface area (Å²) in [5.74, 6) is 1.99. The van der Waals surface area contributed by atoms with Gasteiger partial charge in [0.2, 0.25) is 11.7 Å². The fraction of sp³-hybridized carbons (Fsp3) is 0.217. The molecule has 0 spiro atoms. The van der Waals surface area contributed by atoms with Crippen LogP contribution in [0.4, 0.5) is 0 Å². The zero-order valence-corrected chi connectivity index (χ0v) is 17.5. The molecule has 0 bridgehead atoms. The molecular weight excluding hydrogens is 412 g/mol. The molecule has 0 unspecified atom stereocenters. The fourth-order valence-electron chi connectivity index (χ4n) is 3.20. The fourth-order valence-corrected chi connectivity index (χ4v) is 4.43. The SMILES string of the molecule is O=C(NC[C@@H]1CCS[C@H](c2ccc(Oc3ccccc3)cc2)C(=O)N1)c1ncccn1. The number of hydrogen-bond donors (Lipinski definition) is 2. The number of carbonyl (C=O) groups excluding carboxylic acids is 2. The third kappa shape index (κ3) is 5.61. The molecule has 2 amide bonds. The molecule has 1 saturated heterocycles. The predicted molar refractivity (Wildman–Crippen MR) is 119 cm³/mol. The Labute approximate surface area is 184 Å². The first-order valence-electron chi connectivity index (χ1n) is 9.99. The van der Waals surface area contributed by atoms with Crippen molar-refractivity contribution in [3.8, 4) is 11.5 Å². The molecule has 1 aliphatic rings. The van der Waals surface area contributed by atoms with E-state index in [0.29, 0.717) is 6.54 Å². The summed E-state index contributed by atoms with van der Waals surface area (Å²) in [5.41, 5.74) is 0.922. The van der Waals surface area contributed by atoms with Crippen LogP contribution in [0.25, 0.3) is 0 Å². The van der Waals surface area contributed by atoms with Crippen molar-refractivity contribution < 1.29 is 14.3 Å². The first kappa shape index (κ1) is 20.9. The van der Waals surface area contributed by atoms with Gasteiger partial charge in [0, 0.05) is 25.0 Å². The highest BCUT2D eigenvalue weighted by atomic mass is 32.2. The third-order valence-corrected chi connectivity index (χ3v) is 6.07. The highest BCUT2D eigenvalue weighted by Gasteiger charge is 2.27. The molecule has 2 atom stereocenters. The summed E-state index contributed by atoms with van der Waals surface area (Å²) < 4.78 is 5.82. The smallest absolute Gasteiger partial charge is 0.289 e. The Balaban J connectivity index is 1.33. The van der Waals surface area contributed by atoms with Crippen LogP contribution in [0.2, 0.25) is 0 Å². The highest BCUT2D eigenvalue weighted by Crippen LogP contribution is 2.33. The second-order valence-corrected chi connectivity index (χ2v) is 8.22. The minimum absolute atomic E-state index is 0.0607. The Bertz CT molecular complexity index is 1020. The molecule has 7 nitrogen and oxygen atoms in total. The van der Waals surface area contributed by atoms with Gasteiger partial charge in [-0.25, -0.2) is 9.97 Å². The number of carbonyl (C=O) groups is 2. The normalized spacial score (nSPS) is 18.5. The maximum atomic E-state index is 12.8. The third-order valence-electron chi connectivity index (χ3n) is 4.77. The van der Waals surface area contributed by atoms with Gasteiger partial charge in [0.1, 0.15) is 16.7 Å². The van der Waals surface area contributed by atoms with Crippen LogP contribution < -0.4 is 15.4 Å². The maximum Gasteiger partial charge on any atom is 0.289 e. The van der Waals surface area contributed by atoms with Gasteiger partial charge in [-0.3, -0.25) is 9.59 Å². The number of hydrogen-bond acceptors (Lipinski definition) is 6. The summed E-state index contributed by atoms with van der Waals surface area (Å²) in [6, 6.07) is 18.7. The number of thioether (sulfide) groups is 1. The van der Waals surface area contributed by atoms with Crippen LogP contribution in [0.5, 0.6) is 11.5 Å². The predicted octanol–water partition coefficient (Wildman–Crippen LogP) is 3.36. The van der Waals surface area contributed by atoms with Crippen molar-refractivity contribution in [2.45, 2.75) is 17.7 Å². The average Bonchev–Trinajstić information content (AvgIpc) is 3.00. The lowest BCUT2D eigenvalue weighted by atomic mass is 10.1. The van der Waals surface area contributed by atoms with Crippen molar-refractivity contribution in [3.63, 3.8) is 0 Å². The van der Waals surface area contributed by atoms with Gasteiger partial charge in [-0.1, -0.05) is 30.3 Å². The zero-order valence-electron chi connectivity index (χ0n) is 16.7. The van der Waals surface area contributed by atoms with E-state index in [1.54, 1.807) is 17.8 Å². The molecule has 1 aromatic heterocycles. The molecule has 0 aliphatic carbocycles. The van der Waals surface area contributed by atoms with Crippen LogP contribution in [0, 0.1) is 0 Å². The number of benzene rings is 2. The molecule has 3 aromatic rings. The summed E-state index contributed by atoms with van der Waals surface area (Å²) in [6.07, 6.45) is 3.80. The number of nitrogens with one attached hydrogen (secondary N) is 2. The summed E-state index contributed by atoms with van der Waals surface area (Å²) in [6.45, 7) is 0.333. The molecule has 4 rings (SSSR count). The monoisotopic (exact) mass is 434 g/mol. The van der Waals surface area contributed by atoms with Gasteiger partial charge >= 0.3 is 0 Å². The van der Waals surface area contributed by atoms with Gasteiger partial charge in [0.05, 0.1) is 0 Å². The van der Waals surface area contributed by atoms with Crippen molar-refractivity contribution in [3.05, 3.63) is 84.4 Å². The Kier molecular flexibility index (Phi) is 6.78. The molecular formula is C23H22N4O3S. The number of para-hydroxylation sites is 1. The van der Waals surface area contributed by atoms with E-state index in [1.165, 1.54) is 12.4 Å². The lowest BCUT2D eigenvalue weighted by molar-refractivity contribution is -0.121. The number of aromatic nitrogens is 2. The number of nitrogens with zero attached hydrogens (tertiary/aromatic N) is 2. The minimum atomic E-state index is -0.350. The number of ether oxygens (including phenoxy) is 1. The van der Waals surface area contributed by atoms with Gasteiger partial charge in [0.15, 0.2) is 0 Å². The van der Waals surface area contributed by atoms with Crippen molar-refractivity contribution in [1.29, 1.82) is 0 Å². The molecule has 0 saturated carbocycles. The van der Waals surface area contributed by atoms with Crippen molar-refractivity contribution in [2.24, 2.45) is 0 Å². The molecule has 31 heavy (non-hydrogen) atoms. The molecule has 158 valence electrons. The second kappa shape index (κ2) is 10.1. The van der Waals surface area contributed by atoms with E-state index in [2.05, 4.69) is 20.6 Å². The lowest BCUT2D eigenvalue weighted by Crippen LogP contribution is -2.44. The highest BCUT2D eigenvalue weighted by molar-refractivity contribution is 8.00. The van der Waals surface area contributed by atoms with E-state index < -0.39 is 0 Å². The van der Waals surface area contributed by atoms with E-state index in [-0.39, 0.29) is 28.9 Å². The van der Waals surface area contributed by atoms with E-state index in [0.717, 1.165) is 29.2 Å².